The molecule has 0 aliphatic carbocycles. The lowest BCUT2D eigenvalue weighted by Gasteiger charge is -2.40. The molecule has 3 saturated heterocycles. The highest BCUT2D eigenvalue weighted by atomic mass is 16.5. The molecule has 5 rings (SSSR count). The number of hydrogen-bond donors (Lipinski definition) is 2. The van der Waals surface area contributed by atoms with Crippen molar-refractivity contribution in [3.8, 4) is 0 Å². The monoisotopic (exact) mass is 398 g/mol. The van der Waals surface area contributed by atoms with Crippen molar-refractivity contribution in [2.45, 2.75) is 62.7 Å². The molecule has 3 aliphatic heterocycles. The summed E-state index contributed by atoms with van der Waals surface area (Å²) in [5.41, 5.74) is 0.414. The summed E-state index contributed by atoms with van der Waals surface area (Å²) in [6.07, 6.45) is 8.18. The van der Waals surface area contributed by atoms with Crippen LogP contribution in [-0.4, -0.2) is 69.3 Å². The highest BCUT2D eigenvalue weighted by Gasteiger charge is 2.52. The Bertz CT molecular complexity index is 864. The first-order valence-electron chi connectivity index (χ1n) is 10.9. The van der Waals surface area contributed by atoms with Crippen LogP contribution in [0.2, 0.25) is 0 Å². The molecule has 8 heteroatoms. The van der Waals surface area contributed by atoms with E-state index >= 15 is 0 Å². The number of hydrogen-bond acceptors (Lipinski definition) is 6. The first-order chi connectivity index (χ1) is 14.2. The highest BCUT2D eigenvalue weighted by Crippen LogP contribution is 2.38. The molecular formula is C21H30N6O2. The van der Waals surface area contributed by atoms with Crippen molar-refractivity contribution in [1.82, 2.24) is 30.1 Å². The molecule has 5 heterocycles. The number of amides is 1. The Morgan fingerprint density at radius 1 is 1.21 bits per heavy atom. The van der Waals surface area contributed by atoms with E-state index in [9.17, 15) is 4.79 Å². The Morgan fingerprint density at radius 3 is 3.00 bits per heavy atom. The van der Waals surface area contributed by atoms with Crippen LogP contribution in [0.15, 0.2) is 24.4 Å². The summed E-state index contributed by atoms with van der Waals surface area (Å²) >= 11 is 0. The van der Waals surface area contributed by atoms with Crippen molar-refractivity contribution in [2.75, 3.05) is 26.3 Å². The highest BCUT2D eigenvalue weighted by molar-refractivity contribution is 5.87. The number of pyridine rings is 1. The minimum Gasteiger partial charge on any atom is -0.381 e. The maximum Gasteiger partial charge on any atom is 0.240 e. The summed E-state index contributed by atoms with van der Waals surface area (Å²) in [5.74, 6) is 0.906. The van der Waals surface area contributed by atoms with Gasteiger partial charge in [0.25, 0.3) is 0 Å². The fourth-order valence-electron chi connectivity index (χ4n) is 5.32. The first kappa shape index (κ1) is 19.0. The van der Waals surface area contributed by atoms with Gasteiger partial charge in [0, 0.05) is 38.0 Å². The van der Waals surface area contributed by atoms with Gasteiger partial charge in [-0.2, -0.15) is 0 Å². The largest absolute Gasteiger partial charge is 0.381 e. The van der Waals surface area contributed by atoms with E-state index in [0.29, 0.717) is 18.6 Å². The van der Waals surface area contributed by atoms with E-state index in [4.69, 9.17) is 4.74 Å². The molecule has 2 aromatic rings. The van der Waals surface area contributed by atoms with E-state index in [-0.39, 0.29) is 11.4 Å². The van der Waals surface area contributed by atoms with Crippen molar-refractivity contribution in [2.24, 2.45) is 0 Å². The lowest BCUT2D eigenvalue weighted by atomic mass is 9.84. The van der Waals surface area contributed by atoms with Gasteiger partial charge in [-0.05, 0) is 57.2 Å². The minimum absolute atomic E-state index is 0.140. The van der Waals surface area contributed by atoms with Crippen LogP contribution in [0.25, 0.3) is 5.65 Å². The summed E-state index contributed by atoms with van der Waals surface area (Å²) in [6.45, 7) is 4.04. The van der Waals surface area contributed by atoms with Crippen LogP contribution in [0.1, 0.15) is 44.3 Å². The number of nitrogens with zero attached hydrogens (tertiary/aromatic N) is 4. The normalized spacial score (nSPS) is 28.5. The first-order valence-corrected chi connectivity index (χ1v) is 10.9. The zero-order chi connectivity index (χ0) is 19.7. The second kappa shape index (κ2) is 8.01. The van der Waals surface area contributed by atoms with Gasteiger partial charge in [-0.15, -0.1) is 10.2 Å². The molecule has 3 fully saturated rings. The maximum absolute atomic E-state index is 13.4. The van der Waals surface area contributed by atoms with Gasteiger partial charge in [-0.3, -0.25) is 14.1 Å². The number of carbonyl (C=O) groups excluding carboxylic acids is 1. The van der Waals surface area contributed by atoms with Crippen LogP contribution in [0.5, 0.6) is 0 Å². The van der Waals surface area contributed by atoms with Gasteiger partial charge in [0.05, 0.1) is 6.54 Å². The second-order valence-corrected chi connectivity index (χ2v) is 8.62. The van der Waals surface area contributed by atoms with Crippen LogP contribution >= 0.6 is 0 Å². The number of carbonyl (C=O) groups is 1. The molecule has 156 valence electrons. The van der Waals surface area contributed by atoms with Crippen molar-refractivity contribution < 1.29 is 9.53 Å². The van der Waals surface area contributed by atoms with Crippen LogP contribution in [0.4, 0.5) is 0 Å². The van der Waals surface area contributed by atoms with Crippen molar-refractivity contribution in [3.63, 3.8) is 0 Å². The average Bonchev–Trinajstić information content (AvgIpc) is 3.34. The number of nitrogens with one attached hydrogen (secondary N) is 2. The smallest absolute Gasteiger partial charge is 0.240 e. The quantitative estimate of drug-likeness (QED) is 0.785. The Morgan fingerprint density at radius 2 is 2.10 bits per heavy atom. The zero-order valence-corrected chi connectivity index (χ0v) is 16.8. The number of rotatable bonds is 5. The molecule has 2 aromatic heterocycles. The molecule has 0 unspecified atom stereocenters. The van der Waals surface area contributed by atoms with Crippen LogP contribution in [0, 0.1) is 0 Å². The van der Waals surface area contributed by atoms with Gasteiger partial charge >= 0.3 is 0 Å². The van der Waals surface area contributed by atoms with Gasteiger partial charge in [0.1, 0.15) is 5.54 Å². The van der Waals surface area contributed by atoms with Gasteiger partial charge in [0.2, 0.25) is 5.91 Å². The Kier molecular flexibility index (Phi) is 5.24. The molecule has 0 saturated carbocycles. The lowest BCUT2D eigenvalue weighted by Crippen LogP contribution is -2.57. The zero-order valence-electron chi connectivity index (χ0n) is 16.8. The molecule has 0 radical (unpaired) electrons. The van der Waals surface area contributed by atoms with E-state index in [1.165, 1.54) is 6.42 Å². The van der Waals surface area contributed by atoms with Crippen molar-refractivity contribution in [1.29, 1.82) is 0 Å². The third-order valence-corrected chi connectivity index (χ3v) is 6.81. The number of piperidine rings is 1. The van der Waals surface area contributed by atoms with Gasteiger partial charge in [0.15, 0.2) is 11.5 Å². The van der Waals surface area contributed by atoms with E-state index in [1.807, 2.05) is 28.8 Å². The molecule has 2 N–H and O–H groups in total. The summed E-state index contributed by atoms with van der Waals surface area (Å²) in [4.78, 5) is 15.8. The molecule has 2 atom stereocenters. The molecule has 0 spiro atoms. The van der Waals surface area contributed by atoms with Crippen LogP contribution < -0.4 is 10.6 Å². The number of ether oxygens (including phenoxy) is 1. The SMILES string of the molecule is O=C(NCc1nnc2ccccn12)[C@]12CCCCN1C[C@@H](NC1CCOCC1)C2. The number of aromatic nitrogens is 3. The number of fused-ring (bicyclic) bond motifs is 2. The van der Waals surface area contributed by atoms with Crippen molar-refractivity contribution >= 4 is 11.6 Å². The summed E-state index contributed by atoms with van der Waals surface area (Å²) in [6, 6.07) is 6.69. The molecule has 1 amide bonds. The molecular weight excluding hydrogens is 368 g/mol. The lowest BCUT2D eigenvalue weighted by molar-refractivity contribution is -0.134. The fraction of sp³-hybridized carbons (Fsp3) is 0.667. The van der Waals surface area contributed by atoms with E-state index < -0.39 is 0 Å². The van der Waals surface area contributed by atoms with E-state index in [1.54, 1.807) is 0 Å². The Balaban J connectivity index is 1.27. The Hall–Kier alpha value is -2.03. The summed E-state index contributed by atoms with van der Waals surface area (Å²) < 4.78 is 7.42. The van der Waals surface area contributed by atoms with Crippen molar-refractivity contribution in [3.05, 3.63) is 30.2 Å². The third-order valence-electron chi connectivity index (χ3n) is 6.81. The molecule has 0 aromatic carbocycles. The third kappa shape index (κ3) is 3.65. The topological polar surface area (TPSA) is 83.8 Å². The summed E-state index contributed by atoms with van der Waals surface area (Å²) in [5, 5.41) is 15.4. The summed E-state index contributed by atoms with van der Waals surface area (Å²) in [7, 11) is 0. The van der Waals surface area contributed by atoms with Crippen LogP contribution in [0.3, 0.4) is 0 Å². The average molecular weight is 399 g/mol. The minimum atomic E-state index is -0.387. The van der Waals surface area contributed by atoms with Gasteiger partial charge < -0.3 is 15.4 Å². The predicted octanol–water partition coefficient (Wildman–Crippen LogP) is 1.11. The predicted molar refractivity (Wildman–Crippen MR) is 108 cm³/mol. The fourth-order valence-corrected chi connectivity index (χ4v) is 5.32. The van der Waals surface area contributed by atoms with Gasteiger partial charge in [-0.25, -0.2) is 0 Å². The Labute approximate surface area is 171 Å². The molecule has 0 bridgehead atoms. The van der Waals surface area contributed by atoms with Gasteiger partial charge in [-0.1, -0.05) is 6.07 Å². The second-order valence-electron chi connectivity index (χ2n) is 8.62. The van der Waals surface area contributed by atoms with Crippen LogP contribution in [-0.2, 0) is 16.1 Å². The standard InChI is InChI=1S/C21H30N6O2/c28-20(22-14-19-25-24-18-5-1-3-10-27(18)19)21-8-2-4-9-26(21)15-17(13-21)23-16-6-11-29-12-7-16/h1,3,5,10,16-17,23H,2,4,6-9,11-15H2,(H,22,28)/t17-,21+/m0/s1. The van der Waals surface area contributed by atoms with E-state index in [0.717, 1.165) is 69.9 Å². The molecule has 3 aliphatic rings. The molecule has 8 nitrogen and oxygen atoms in total. The molecule has 29 heavy (non-hydrogen) atoms. The maximum atomic E-state index is 13.4. The van der Waals surface area contributed by atoms with E-state index in [2.05, 4.69) is 25.7 Å².